The van der Waals surface area contributed by atoms with Crippen molar-refractivity contribution in [1.82, 2.24) is 9.97 Å². The molecule has 1 fully saturated rings. The summed E-state index contributed by atoms with van der Waals surface area (Å²) in [7, 11) is 1.71. The quantitative estimate of drug-likeness (QED) is 0.784. The molecule has 0 aliphatic heterocycles. The molecule has 15 heavy (non-hydrogen) atoms. The molecule has 0 bridgehead atoms. The Hall–Kier alpha value is -0.190. The summed E-state index contributed by atoms with van der Waals surface area (Å²) < 4.78 is 6.30. The third-order valence-electron chi connectivity index (χ3n) is 2.91. The first-order valence-electron chi connectivity index (χ1n) is 4.92. The van der Waals surface area contributed by atoms with Crippen LogP contribution >= 0.6 is 27.5 Å². The third-order valence-corrected chi connectivity index (χ3v) is 4.01. The lowest BCUT2D eigenvalue weighted by atomic mass is 10.0. The van der Waals surface area contributed by atoms with Crippen molar-refractivity contribution in [2.45, 2.75) is 31.3 Å². The molecule has 0 saturated heterocycles. The summed E-state index contributed by atoms with van der Waals surface area (Å²) >= 11 is 9.24. The molecule has 82 valence electrons. The summed E-state index contributed by atoms with van der Waals surface area (Å²) in [4.78, 5) is 8.58. The first kappa shape index (κ1) is 11.3. The Morgan fingerprint density at radius 3 is 2.67 bits per heavy atom. The lowest BCUT2D eigenvalue weighted by Gasteiger charge is -2.25. The van der Waals surface area contributed by atoms with E-state index in [4.69, 9.17) is 16.3 Å². The van der Waals surface area contributed by atoms with Gasteiger partial charge in [-0.3, -0.25) is 0 Å². The SMILES string of the molecule is COC1(c2ncc(Br)c(Cl)n2)CCCC1. The minimum Gasteiger partial charge on any atom is -0.370 e. The van der Waals surface area contributed by atoms with Crippen molar-refractivity contribution < 1.29 is 4.74 Å². The summed E-state index contributed by atoms with van der Waals surface area (Å²) in [6, 6.07) is 0. The minimum atomic E-state index is -0.315. The smallest absolute Gasteiger partial charge is 0.162 e. The molecule has 1 aliphatic carbocycles. The van der Waals surface area contributed by atoms with Crippen LogP contribution in [0.3, 0.4) is 0 Å². The number of ether oxygens (including phenoxy) is 1. The molecule has 0 amide bonds. The number of rotatable bonds is 2. The van der Waals surface area contributed by atoms with E-state index in [0.29, 0.717) is 11.0 Å². The molecule has 1 saturated carbocycles. The molecule has 0 unspecified atom stereocenters. The monoisotopic (exact) mass is 290 g/mol. The van der Waals surface area contributed by atoms with E-state index in [1.165, 1.54) is 0 Å². The van der Waals surface area contributed by atoms with Crippen molar-refractivity contribution in [3.63, 3.8) is 0 Å². The van der Waals surface area contributed by atoms with Gasteiger partial charge in [0.2, 0.25) is 0 Å². The van der Waals surface area contributed by atoms with Gasteiger partial charge in [-0.2, -0.15) is 0 Å². The summed E-state index contributed by atoms with van der Waals surface area (Å²) in [5.74, 6) is 0.704. The second-order valence-electron chi connectivity index (χ2n) is 3.74. The maximum Gasteiger partial charge on any atom is 0.162 e. The van der Waals surface area contributed by atoms with Gasteiger partial charge in [-0.05, 0) is 41.6 Å². The Bertz CT molecular complexity index is 366. The fraction of sp³-hybridized carbons (Fsp3) is 0.600. The molecule has 0 atom stereocenters. The zero-order chi connectivity index (χ0) is 10.9. The van der Waals surface area contributed by atoms with Gasteiger partial charge in [0.25, 0.3) is 0 Å². The molecule has 0 N–H and O–H groups in total. The van der Waals surface area contributed by atoms with Crippen molar-refractivity contribution in [2.75, 3.05) is 7.11 Å². The summed E-state index contributed by atoms with van der Waals surface area (Å²) in [5, 5.41) is 0.448. The van der Waals surface area contributed by atoms with E-state index in [1.54, 1.807) is 13.3 Å². The molecule has 1 heterocycles. The average molecular weight is 292 g/mol. The van der Waals surface area contributed by atoms with E-state index < -0.39 is 0 Å². The van der Waals surface area contributed by atoms with Gasteiger partial charge in [-0.25, -0.2) is 9.97 Å². The van der Waals surface area contributed by atoms with Crippen molar-refractivity contribution in [3.05, 3.63) is 21.6 Å². The fourth-order valence-electron chi connectivity index (χ4n) is 2.03. The molecule has 0 spiro atoms. The highest BCUT2D eigenvalue weighted by Gasteiger charge is 2.38. The summed E-state index contributed by atoms with van der Waals surface area (Å²) in [6.45, 7) is 0. The van der Waals surface area contributed by atoms with Gasteiger partial charge in [-0.15, -0.1) is 0 Å². The van der Waals surface area contributed by atoms with E-state index in [2.05, 4.69) is 25.9 Å². The molecule has 2 rings (SSSR count). The van der Waals surface area contributed by atoms with Crippen LogP contribution in [0.15, 0.2) is 10.7 Å². The van der Waals surface area contributed by atoms with E-state index in [0.717, 1.165) is 30.2 Å². The van der Waals surface area contributed by atoms with Gasteiger partial charge in [0.15, 0.2) is 5.82 Å². The van der Waals surface area contributed by atoms with Gasteiger partial charge in [-0.1, -0.05) is 11.6 Å². The standard InChI is InChI=1S/C10H12BrClN2O/c1-15-10(4-2-3-5-10)9-13-6-7(11)8(12)14-9/h6H,2-5H2,1H3. The lowest BCUT2D eigenvalue weighted by Crippen LogP contribution is -2.27. The van der Waals surface area contributed by atoms with Crippen molar-refractivity contribution in [2.24, 2.45) is 0 Å². The first-order chi connectivity index (χ1) is 7.18. The molecule has 1 aromatic heterocycles. The van der Waals surface area contributed by atoms with E-state index >= 15 is 0 Å². The molecule has 1 aromatic rings. The number of aromatic nitrogens is 2. The highest BCUT2D eigenvalue weighted by atomic mass is 79.9. The average Bonchev–Trinajstić information content (AvgIpc) is 2.72. The van der Waals surface area contributed by atoms with Gasteiger partial charge in [0.1, 0.15) is 10.8 Å². The Morgan fingerprint density at radius 1 is 1.47 bits per heavy atom. The molecule has 3 nitrogen and oxygen atoms in total. The molecular formula is C10H12BrClN2O. The van der Waals surface area contributed by atoms with Crippen LogP contribution < -0.4 is 0 Å². The Labute approximate surface area is 102 Å². The molecule has 5 heteroatoms. The van der Waals surface area contributed by atoms with Crippen LogP contribution in [-0.4, -0.2) is 17.1 Å². The van der Waals surface area contributed by atoms with E-state index in [9.17, 15) is 0 Å². The van der Waals surface area contributed by atoms with Crippen LogP contribution in [0, 0.1) is 0 Å². The molecular weight excluding hydrogens is 279 g/mol. The van der Waals surface area contributed by atoms with Crippen LogP contribution in [0.25, 0.3) is 0 Å². The predicted molar refractivity (Wildman–Crippen MR) is 61.9 cm³/mol. The minimum absolute atomic E-state index is 0.315. The van der Waals surface area contributed by atoms with E-state index in [1.807, 2.05) is 0 Å². The van der Waals surface area contributed by atoms with Crippen molar-refractivity contribution >= 4 is 27.5 Å². The van der Waals surface area contributed by atoms with Crippen LogP contribution in [-0.2, 0) is 10.3 Å². The zero-order valence-electron chi connectivity index (χ0n) is 8.46. The van der Waals surface area contributed by atoms with Crippen molar-refractivity contribution in [3.8, 4) is 0 Å². The van der Waals surface area contributed by atoms with Crippen molar-refractivity contribution in [1.29, 1.82) is 0 Å². The fourth-order valence-corrected chi connectivity index (χ4v) is 2.35. The predicted octanol–water partition coefficient (Wildman–Crippen LogP) is 3.31. The normalized spacial score (nSPS) is 19.4. The topological polar surface area (TPSA) is 35.0 Å². The lowest BCUT2D eigenvalue weighted by molar-refractivity contribution is -0.0163. The van der Waals surface area contributed by atoms with E-state index in [-0.39, 0.29) is 5.60 Å². The highest BCUT2D eigenvalue weighted by molar-refractivity contribution is 9.10. The van der Waals surface area contributed by atoms with Gasteiger partial charge in [0.05, 0.1) is 4.47 Å². The number of nitrogens with zero attached hydrogens (tertiary/aromatic N) is 2. The van der Waals surface area contributed by atoms with Crippen LogP contribution in [0.1, 0.15) is 31.5 Å². The molecule has 0 radical (unpaired) electrons. The van der Waals surface area contributed by atoms with Gasteiger partial charge in [0, 0.05) is 13.3 Å². The summed E-state index contributed by atoms with van der Waals surface area (Å²) in [5.41, 5.74) is -0.315. The first-order valence-corrected chi connectivity index (χ1v) is 6.09. The zero-order valence-corrected chi connectivity index (χ0v) is 10.8. The number of hydrogen-bond acceptors (Lipinski definition) is 3. The Morgan fingerprint density at radius 2 is 2.13 bits per heavy atom. The maximum absolute atomic E-state index is 5.96. The number of methoxy groups -OCH3 is 1. The number of halogens is 2. The van der Waals surface area contributed by atoms with Gasteiger partial charge < -0.3 is 4.74 Å². The third kappa shape index (κ3) is 2.03. The molecule has 0 aromatic carbocycles. The van der Waals surface area contributed by atoms with Crippen LogP contribution in [0.2, 0.25) is 5.15 Å². The van der Waals surface area contributed by atoms with Gasteiger partial charge >= 0.3 is 0 Å². The van der Waals surface area contributed by atoms with Crippen LogP contribution in [0.5, 0.6) is 0 Å². The Balaban J connectivity index is 2.38. The number of hydrogen-bond donors (Lipinski definition) is 0. The second kappa shape index (κ2) is 4.36. The highest BCUT2D eigenvalue weighted by Crippen LogP contribution is 2.40. The largest absolute Gasteiger partial charge is 0.370 e. The summed E-state index contributed by atoms with van der Waals surface area (Å²) in [6.07, 6.45) is 5.95. The van der Waals surface area contributed by atoms with Crippen LogP contribution in [0.4, 0.5) is 0 Å². The maximum atomic E-state index is 5.96. The molecule has 1 aliphatic rings. The Kier molecular flexibility index (Phi) is 3.28. The second-order valence-corrected chi connectivity index (χ2v) is 4.95.